The van der Waals surface area contributed by atoms with Crippen LogP contribution in [0.4, 0.5) is 15.8 Å². The number of nitrogens with one attached hydrogen (secondary N) is 2. The molecule has 0 unspecified atom stereocenters. The van der Waals surface area contributed by atoms with Gasteiger partial charge in [-0.3, -0.25) is 15.6 Å². The van der Waals surface area contributed by atoms with E-state index in [1.54, 1.807) is 6.07 Å². The summed E-state index contributed by atoms with van der Waals surface area (Å²) in [4.78, 5) is 15.8. The number of anilines is 2. The van der Waals surface area contributed by atoms with Crippen LogP contribution in [-0.2, 0) is 0 Å². The van der Waals surface area contributed by atoms with Crippen LogP contribution in [0.15, 0.2) is 36.7 Å². The summed E-state index contributed by atoms with van der Waals surface area (Å²) in [7, 11) is 0. The first-order chi connectivity index (χ1) is 9.10. The summed E-state index contributed by atoms with van der Waals surface area (Å²) in [5.41, 5.74) is 3.29. The minimum Gasteiger partial charge on any atom is -0.323 e. The molecule has 2 aromatic rings. The van der Waals surface area contributed by atoms with Crippen LogP contribution < -0.4 is 16.6 Å². The summed E-state index contributed by atoms with van der Waals surface area (Å²) >= 11 is 5.70. The lowest BCUT2D eigenvalue weighted by Gasteiger charge is -2.09. The molecule has 0 atom stereocenters. The molecule has 0 aliphatic rings. The van der Waals surface area contributed by atoms with Gasteiger partial charge < -0.3 is 10.7 Å². The van der Waals surface area contributed by atoms with E-state index in [9.17, 15) is 9.18 Å². The van der Waals surface area contributed by atoms with E-state index in [1.165, 1.54) is 18.5 Å². The molecule has 19 heavy (non-hydrogen) atoms. The molecule has 0 fully saturated rings. The average molecular weight is 281 g/mol. The van der Waals surface area contributed by atoms with Crippen LogP contribution in [0.25, 0.3) is 0 Å². The van der Waals surface area contributed by atoms with Crippen LogP contribution in [0.5, 0.6) is 0 Å². The Balaban J connectivity index is 2.25. The van der Waals surface area contributed by atoms with Gasteiger partial charge in [-0.05, 0) is 24.3 Å². The number of rotatable bonds is 3. The summed E-state index contributed by atoms with van der Waals surface area (Å²) < 4.78 is 13.1. The number of hydrogen-bond acceptors (Lipinski definition) is 4. The fourth-order valence-electron chi connectivity index (χ4n) is 1.53. The van der Waals surface area contributed by atoms with Gasteiger partial charge in [-0.1, -0.05) is 11.6 Å². The fraction of sp³-hybridized carbons (Fsp3) is 0. The van der Waals surface area contributed by atoms with Crippen molar-refractivity contribution in [2.24, 2.45) is 5.84 Å². The summed E-state index contributed by atoms with van der Waals surface area (Å²) in [6, 6.07) is 5.30. The van der Waals surface area contributed by atoms with E-state index < -0.39 is 11.7 Å². The van der Waals surface area contributed by atoms with Gasteiger partial charge in [-0.15, -0.1) is 0 Å². The lowest BCUT2D eigenvalue weighted by Crippen LogP contribution is -2.17. The Morgan fingerprint density at radius 1 is 1.37 bits per heavy atom. The Morgan fingerprint density at radius 3 is 2.84 bits per heavy atom. The highest BCUT2D eigenvalue weighted by molar-refractivity contribution is 6.31. The number of hydrogen-bond donors (Lipinski definition) is 3. The van der Waals surface area contributed by atoms with E-state index in [0.29, 0.717) is 5.69 Å². The molecule has 1 heterocycles. The van der Waals surface area contributed by atoms with Crippen molar-refractivity contribution in [2.75, 3.05) is 10.7 Å². The van der Waals surface area contributed by atoms with E-state index >= 15 is 0 Å². The number of carbonyl (C=O) groups excluding carboxylic acids is 1. The van der Waals surface area contributed by atoms with Crippen molar-refractivity contribution in [2.45, 2.75) is 0 Å². The van der Waals surface area contributed by atoms with Crippen LogP contribution >= 0.6 is 11.6 Å². The first kappa shape index (κ1) is 13.3. The van der Waals surface area contributed by atoms with Gasteiger partial charge in [0.05, 0.1) is 11.3 Å². The second-order valence-corrected chi connectivity index (χ2v) is 4.11. The van der Waals surface area contributed by atoms with Crippen LogP contribution in [0.3, 0.4) is 0 Å². The zero-order valence-corrected chi connectivity index (χ0v) is 10.4. The quantitative estimate of drug-likeness (QED) is 0.596. The van der Waals surface area contributed by atoms with Crippen molar-refractivity contribution in [1.82, 2.24) is 4.98 Å². The Morgan fingerprint density at radius 2 is 2.16 bits per heavy atom. The van der Waals surface area contributed by atoms with Gasteiger partial charge in [0.15, 0.2) is 0 Å². The van der Waals surface area contributed by atoms with Gasteiger partial charge in [-0.2, -0.15) is 0 Å². The van der Waals surface area contributed by atoms with Crippen LogP contribution in [-0.4, -0.2) is 10.9 Å². The van der Waals surface area contributed by atoms with Crippen molar-refractivity contribution >= 4 is 28.9 Å². The number of nitrogen functional groups attached to an aromatic ring is 1. The second kappa shape index (κ2) is 5.64. The number of carbonyl (C=O) groups is 1. The Bertz CT molecular complexity index is 600. The van der Waals surface area contributed by atoms with Crippen LogP contribution in [0, 0.1) is 5.82 Å². The van der Waals surface area contributed by atoms with Crippen LogP contribution in [0.2, 0.25) is 5.02 Å². The van der Waals surface area contributed by atoms with E-state index in [-0.39, 0.29) is 16.3 Å². The predicted molar refractivity (Wildman–Crippen MR) is 71.4 cm³/mol. The fourth-order valence-corrected chi connectivity index (χ4v) is 1.75. The molecule has 0 saturated carbocycles. The number of pyridine rings is 1. The number of hydrazine groups is 1. The summed E-state index contributed by atoms with van der Waals surface area (Å²) in [6.45, 7) is 0. The molecule has 0 aliphatic carbocycles. The summed E-state index contributed by atoms with van der Waals surface area (Å²) in [6.07, 6.45) is 2.84. The third-order valence-corrected chi connectivity index (χ3v) is 2.56. The molecule has 0 bridgehead atoms. The highest BCUT2D eigenvalue weighted by atomic mass is 35.5. The molecule has 0 radical (unpaired) electrons. The average Bonchev–Trinajstić information content (AvgIpc) is 2.37. The molecular formula is C12H10ClFN4O. The van der Waals surface area contributed by atoms with Gasteiger partial charge in [0.1, 0.15) is 5.82 Å². The molecule has 1 amide bonds. The molecule has 4 N–H and O–H groups in total. The van der Waals surface area contributed by atoms with Gasteiger partial charge in [0.25, 0.3) is 5.91 Å². The Labute approximate surface area is 113 Å². The first-order valence-electron chi connectivity index (χ1n) is 5.28. The predicted octanol–water partition coefficient (Wildman–Crippen LogP) is 2.41. The normalized spacial score (nSPS) is 10.1. The van der Waals surface area contributed by atoms with Crippen molar-refractivity contribution in [1.29, 1.82) is 0 Å². The number of nitrogens with two attached hydrogens (primary N) is 1. The Kier molecular flexibility index (Phi) is 3.94. The number of halogens is 2. The van der Waals surface area contributed by atoms with E-state index in [4.69, 9.17) is 17.4 Å². The van der Waals surface area contributed by atoms with Gasteiger partial charge in [0.2, 0.25) is 0 Å². The SMILES string of the molecule is NNc1ccncc1C(=O)Nc1cc(F)cc(Cl)c1. The monoisotopic (exact) mass is 280 g/mol. The zero-order valence-electron chi connectivity index (χ0n) is 9.65. The first-order valence-corrected chi connectivity index (χ1v) is 5.66. The zero-order chi connectivity index (χ0) is 13.8. The number of amides is 1. The highest BCUT2D eigenvalue weighted by Crippen LogP contribution is 2.20. The number of benzene rings is 1. The van der Waals surface area contributed by atoms with E-state index in [2.05, 4.69) is 15.7 Å². The lowest BCUT2D eigenvalue weighted by molar-refractivity contribution is 0.102. The number of aromatic nitrogens is 1. The molecule has 1 aromatic heterocycles. The summed E-state index contributed by atoms with van der Waals surface area (Å²) in [5, 5.41) is 2.71. The van der Waals surface area contributed by atoms with Crippen molar-refractivity contribution in [3.8, 4) is 0 Å². The van der Waals surface area contributed by atoms with Gasteiger partial charge >= 0.3 is 0 Å². The molecule has 1 aromatic carbocycles. The maximum Gasteiger partial charge on any atom is 0.259 e. The van der Waals surface area contributed by atoms with Crippen molar-refractivity contribution in [3.05, 3.63) is 53.1 Å². The molecule has 5 nitrogen and oxygen atoms in total. The molecule has 0 aliphatic heterocycles. The summed E-state index contributed by atoms with van der Waals surface area (Å²) in [5.74, 6) is 4.29. The Hall–Kier alpha value is -2.18. The lowest BCUT2D eigenvalue weighted by atomic mass is 10.2. The van der Waals surface area contributed by atoms with Gasteiger partial charge in [0, 0.05) is 23.1 Å². The van der Waals surface area contributed by atoms with Crippen LogP contribution in [0.1, 0.15) is 10.4 Å². The molecule has 0 saturated heterocycles. The van der Waals surface area contributed by atoms with Gasteiger partial charge in [-0.25, -0.2) is 4.39 Å². The molecule has 0 spiro atoms. The second-order valence-electron chi connectivity index (χ2n) is 3.68. The third-order valence-electron chi connectivity index (χ3n) is 2.34. The highest BCUT2D eigenvalue weighted by Gasteiger charge is 2.12. The molecular weight excluding hydrogens is 271 g/mol. The number of nitrogens with zero attached hydrogens (tertiary/aromatic N) is 1. The minimum atomic E-state index is -0.536. The standard InChI is InChI=1S/C12H10ClFN4O/c13-7-3-8(14)5-9(4-7)17-12(19)10-6-16-2-1-11(10)18-15/h1-6H,15H2,(H,16,18)(H,17,19). The third kappa shape index (κ3) is 3.18. The molecule has 98 valence electrons. The van der Waals surface area contributed by atoms with E-state index in [0.717, 1.165) is 12.1 Å². The minimum absolute atomic E-state index is 0.193. The van der Waals surface area contributed by atoms with E-state index in [1.807, 2.05) is 0 Å². The smallest absolute Gasteiger partial charge is 0.259 e. The van der Waals surface area contributed by atoms with Crippen molar-refractivity contribution in [3.63, 3.8) is 0 Å². The topological polar surface area (TPSA) is 80.0 Å². The maximum atomic E-state index is 13.1. The largest absolute Gasteiger partial charge is 0.323 e. The molecule has 7 heteroatoms. The molecule has 2 rings (SSSR count). The van der Waals surface area contributed by atoms with Crippen molar-refractivity contribution < 1.29 is 9.18 Å². The maximum absolute atomic E-state index is 13.1.